The van der Waals surface area contributed by atoms with Gasteiger partial charge in [-0.15, -0.1) is 0 Å². The molecule has 2 aromatic rings. The van der Waals surface area contributed by atoms with E-state index >= 15 is 0 Å². The van der Waals surface area contributed by atoms with Crippen LogP contribution in [-0.2, 0) is 0 Å². The van der Waals surface area contributed by atoms with Gasteiger partial charge in [0.25, 0.3) is 0 Å². The lowest BCUT2D eigenvalue weighted by Crippen LogP contribution is -2.08. The zero-order chi connectivity index (χ0) is 14.9. The van der Waals surface area contributed by atoms with E-state index < -0.39 is 0 Å². The Labute approximate surface area is 130 Å². The molecule has 0 aliphatic heterocycles. The van der Waals surface area contributed by atoms with E-state index in [1.165, 1.54) is 0 Å². The molecule has 0 bridgehead atoms. The first-order valence-electron chi connectivity index (χ1n) is 7.24. The summed E-state index contributed by atoms with van der Waals surface area (Å²) in [5.41, 5.74) is 1.03. The van der Waals surface area contributed by atoms with Crippen molar-refractivity contribution in [3.63, 3.8) is 0 Å². The Hall–Kier alpha value is -1.75. The Morgan fingerprint density at radius 2 is 1.76 bits per heavy atom. The van der Waals surface area contributed by atoms with Crippen molar-refractivity contribution in [3.8, 4) is 11.4 Å². The first kappa shape index (κ1) is 15.6. The molecular formula is C16H22N4S. The van der Waals surface area contributed by atoms with E-state index in [-0.39, 0.29) is 0 Å². The molecule has 0 aliphatic carbocycles. The summed E-state index contributed by atoms with van der Waals surface area (Å²) in [5.74, 6) is 3.64. The van der Waals surface area contributed by atoms with Crippen molar-refractivity contribution >= 4 is 23.4 Å². The van der Waals surface area contributed by atoms with Gasteiger partial charge in [-0.05, 0) is 25.4 Å². The predicted molar refractivity (Wildman–Crippen MR) is 93.1 cm³/mol. The van der Waals surface area contributed by atoms with E-state index in [1.54, 1.807) is 0 Å². The molecule has 1 aromatic carbocycles. The van der Waals surface area contributed by atoms with Crippen molar-refractivity contribution < 1.29 is 0 Å². The maximum absolute atomic E-state index is 4.61. The minimum absolute atomic E-state index is 0.751. The van der Waals surface area contributed by atoms with Crippen LogP contribution >= 0.6 is 11.8 Å². The lowest BCUT2D eigenvalue weighted by molar-refractivity contribution is 0.977. The third-order valence-electron chi connectivity index (χ3n) is 2.95. The highest BCUT2D eigenvalue weighted by molar-refractivity contribution is 7.98. The fourth-order valence-electron chi connectivity index (χ4n) is 1.96. The second-order valence-corrected chi connectivity index (χ2v) is 5.62. The van der Waals surface area contributed by atoms with Gasteiger partial charge in [0.05, 0.1) is 0 Å². The zero-order valence-corrected chi connectivity index (χ0v) is 13.4. The van der Waals surface area contributed by atoms with E-state index in [4.69, 9.17) is 0 Å². The summed E-state index contributed by atoms with van der Waals surface area (Å²) in [6.45, 7) is 3.84. The number of rotatable bonds is 8. The summed E-state index contributed by atoms with van der Waals surface area (Å²) >= 11 is 1.86. The quantitative estimate of drug-likeness (QED) is 0.728. The summed E-state index contributed by atoms with van der Waals surface area (Å²) in [5, 5.41) is 6.65. The van der Waals surface area contributed by atoms with Gasteiger partial charge in [0.2, 0.25) is 0 Å². The van der Waals surface area contributed by atoms with Crippen LogP contribution in [0.3, 0.4) is 0 Å². The number of nitrogens with one attached hydrogen (secondary N) is 2. The number of aromatic nitrogens is 2. The highest BCUT2D eigenvalue weighted by Gasteiger charge is 2.06. The number of thioether (sulfide) groups is 1. The predicted octanol–water partition coefficient (Wildman–Crippen LogP) is 3.74. The van der Waals surface area contributed by atoms with Gasteiger partial charge in [0, 0.05) is 24.7 Å². The molecule has 5 heteroatoms. The fraction of sp³-hybridized carbons (Fsp3) is 0.375. The van der Waals surface area contributed by atoms with Gasteiger partial charge in [-0.2, -0.15) is 11.8 Å². The molecule has 0 saturated heterocycles. The molecular weight excluding hydrogens is 280 g/mol. The first-order valence-corrected chi connectivity index (χ1v) is 8.64. The van der Waals surface area contributed by atoms with E-state index in [1.807, 2.05) is 48.2 Å². The first-order chi connectivity index (χ1) is 10.3. The van der Waals surface area contributed by atoms with E-state index in [0.29, 0.717) is 0 Å². The van der Waals surface area contributed by atoms with Crippen molar-refractivity contribution in [1.29, 1.82) is 0 Å². The Balaban J connectivity index is 2.18. The molecule has 2 rings (SSSR count). The minimum atomic E-state index is 0.751. The van der Waals surface area contributed by atoms with Crippen LogP contribution in [0.2, 0.25) is 0 Å². The third-order valence-corrected chi connectivity index (χ3v) is 3.64. The molecule has 4 nitrogen and oxygen atoms in total. The van der Waals surface area contributed by atoms with Crippen LogP contribution in [0.4, 0.5) is 11.6 Å². The zero-order valence-electron chi connectivity index (χ0n) is 12.6. The Kier molecular flexibility index (Phi) is 6.34. The van der Waals surface area contributed by atoms with Gasteiger partial charge in [-0.25, -0.2) is 9.97 Å². The normalized spacial score (nSPS) is 10.4. The van der Waals surface area contributed by atoms with Gasteiger partial charge < -0.3 is 10.6 Å². The van der Waals surface area contributed by atoms with Crippen molar-refractivity contribution in [3.05, 3.63) is 36.4 Å². The van der Waals surface area contributed by atoms with E-state index in [0.717, 1.165) is 48.3 Å². The van der Waals surface area contributed by atoms with Crippen molar-refractivity contribution in [2.24, 2.45) is 0 Å². The topological polar surface area (TPSA) is 49.8 Å². The van der Waals surface area contributed by atoms with Gasteiger partial charge >= 0.3 is 0 Å². The lowest BCUT2D eigenvalue weighted by Gasteiger charge is -2.10. The Morgan fingerprint density at radius 3 is 2.43 bits per heavy atom. The molecule has 0 fully saturated rings. The van der Waals surface area contributed by atoms with Gasteiger partial charge in [-0.1, -0.05) is 30.3 Å². The summed E-state index contributed by atoms with van der Waals surface area (Å²) in [7, 11) is 0. The summed E-state index contributed by atoms with van der Waals surface area (Å²) in [6, 6.07) is 12.0. The maximum atomic E-state index is 4.61. The molecule has 0 atom stereocenters. The molecule has 0 unspecified atom stereocenters. The number of hydrogen-bond acceptors (Lipinski definition) is 5. The molecule has 112 valence electrons. The number of anilines is 2. The maximum Gasteiger partial charge on any atom is 0.163 e. The average molecular weight is 302 g/mol. The minimum Gasteiger partial charge on any atom is -0.370 e. The van der Waals surface area contributed by atoms with E-state index in [9.17, 15) is 0 Å². The third kappa shape index (κ3) is 4.93. The molecule has 1 aromatic heterocycles. The summed E-state index contributed by atoms with van der Waals surface area (Å²) < 4.78 is 0. The molecule has 1 heterocycles. The fourth-order valence-corrected chi connectivity index (χ4v) is 2.39. The largest absolute Gasteiger partial charge is 0.370 e. The smallest absolute Gasteiger partial charge is 0.163 e. The molecule has 0 saturated carbocycles. The second-order valence-electron chi connectivity index (χ2n) is 4.63. The van der Waals surface area contributed by atoms with Gasteiger partial charge in [0.1, 0.15) is 11.6 Å². The standard InChI is InChI=1S/C16H22N4S/c1-3-17-14-12-15(18-10-7-11-21-2)20-16(19-14)13-8-5-4-6-9-13/h4-6,8-9,12H,3,7,10-11H2,1-2H3,(H2,17,18,19,20). The molecule has 0 spiro atoms. The monoisotopic (exact) mass is 302 g/mol. The van der Waals surface area contributed by atoms with Crippen LogP contribution in [0.15, 0.2) is 36.4 Å². The number of nitrogens with zero attached hydrogens (tertiary/aromatic N) is 2. The van der Waals surface area contributed by atoms with Gasteiger partial charge in [0.15, 0.2) is 5.82 Å². The molecule has 0 aliphatic rings. The van der Waals surface area contributed by atoms with Crippen LogP contribution in [0.25, 0.3) is 11.4 Å². The Bertz CT molecular complexity index is 545. The molecule has 0 radical (unpaired) electrons. The summed E-state index contributed by atoms with van der Waals surface area (Å²) in [4.78, 5) is 9.19. The van der Waals surface area contributed by atoms with E-state index in [2.05, 4.69) is 33.8 Å². The highest BCUT2D eigenvalue weighted by atomic mass is 32.2. The van der Waals surface area contributed by atoms with Crippen LogP contribution in [-0.4, -0.2) is 35.1 Å². The average Bonchev–Trinajstić information content (AvgIpc) is 2.53. The van der Waals surface area contributed by atoms with Crippen molar-refractivity contribution in [2.45, 2.75) is 13.3 Å². The molecule has 2 N–H and O–H groups in total. The SMILES string of the molecule is CCNc1cc(NCCCSC)nc(-c2ccccc2)n1. The number of hydrogen-bond donors (Lipinski definition) is 2. The lowest BCUT2D eigenvalue weighted by atomic mass is 10.2. The second kappa shape index (κ2) is 8.52. The number of benzene rings is 1. The van der Waals surface area contributed by atoms with Crippen molar-refractivity contribution in [2.75, 3.05) is 35.7 Å². The Morgan fingerprint density at radius 1 is 1.05 bits per heavy atom. The van der Waals surface area contributed by atoms with Gasteiger partial charge in [-0.3, -0.25) is 0 Å². The van der Waals surface area contributed by atoms with Crippen molar-refractivity contribution in [1.82, 2.24) is 9.97 Å². The molecule has 21 heavy (non-hydrogen) atoms. The van der Waals surface area contributed by atoms with Crippen LogP contribution in [0, 0.1) is 0 Å². The van der Waals surface area contributed by atoms with Crippen LogP contribution < -0.4 is 10.6 Å². The highest BCUT2D eigenvalue weighted by Crippen LogP contribution is 2.20. The molecule has 0 amide bonds. The van der Waals surface area contributed by atoms with Crippen LogP contribution in [0.5, 0.6) is 0 Å². The van der Waals surface area contributed by atoms with Crippen LogP contribution in [0.1, 0.15) is 13.3 Å². The summed E-state index contributed by atoms with van der Waals surface area (Å²) in [6.07, 6.45) is 3.25.